The van der Waals surface area contributed by atoms with Gasteiger partial charge in [-0.3, -0.25) is 20.0 Å². The molecule has 0 bridgehead atoms. The lowest BCUT2D eigenvalue weighted by atomic mass is 10.2. The van der Waals surface area contributed by atoms with E-state index in [1.54, 1.807) is 37.5 Å². The maximum Gasteiger partial charge on any atom is 0.285 e. The molecule has 2 aromatic rings. The van der Waals surface area contributed by atoms with Crippen LogP contribution in [0.15, 0.2) is 53.7 Å². The Morgan fingerprint density at radius 3 is 2.56 bits per heavy atom. The number of hydrazine groups is 1. The lowest BCUT2D eigenvalue weighted by Gasteiger charge is -2.15. The third-order valence-corrected chi connectivity index (χ3v) is 4.67. The number of hydrogen-bond donors (Lipinski definition) is 1. The third-order valence-electron chi connectivity index (χ3n) is 3.36. The molecule has 2 heterocycles. The quantitative estimate of drug-likeness (QED) is 0.658. The molecule has 1 aliphatic heterocycles. The number of methoxy groups -OCH3 is 1. The smallest absolute Gasteiger partial charge is 0.285 e. The van der Waals surface area contributed by atoms with Crippen molar-refractivity contribution < 1.29 is 14.3 Å². The minimum atomic E-state index is -0.426. The van der Waals surface area contributed by atoms with Crippen molar-refractivity contribution in [2.45, 2.75) is 0 Å². The number of ether oxygens (including phenoxy) is 1. The van der Waals surface area contributed by atoms with Crippen LogP contribution in [0, 0.1) is 0 Å². The zero-order chi connectivity index (χ0) is 17.8. The lowest BCUT2D eigenvalue weighted by molar-refractivity contribution is -0.123. The number of thioether (sulfide) groups is 1. The van der Waals surface area contributed by atoms with E-state index in [1.807, 2.05) is 12.1 Å². The molecule has 1 aromatic heterocycles. The van der Waals surface area contributed by atoms with Gasteiger partial charge < -0.3 is 4.74 Å². The van der Waals surface area contributed by atoms with E-state index >= 15 is 0 Å². The first-order valence-corrected chi connectivity index (χ1v) is 8.44. The van der Waals surface area contributed by atoms with Crippen LogP contribution in [0.3, 0.4) is 0 Å². The second-order valence-corrected chi connectivity index (χ2v) is 6.64. The molecule has 0 atom stereocenters. The van der Waals surface area contributed by atoms with Crippen LogP contribution >= 0.6 is 24.0 Å². The van der Waals surface area contributed by atoms with Crippen LogP contribution in [-0.2, 0) is 4.79 Å². The molecule has 1 aliphatic rings. The standard InChI is InChI=1S/C17H13N3O3S2/c1-23-13-4-2-11(3-5-13)10-14-16(22)20(17(24)25-14)19-15(21)12-6-8-18-9-7-12/h2-10H,1H3,(H,19,21). The van der Waals surface area contributed by atoms with Crippen molar-refractivity contribution in [3.63, 3.8) is 0 Å². The number of nitrogens with zero attached hydrogens (tertiary/aromatic N) is 2. The Morgan fingerprint density at radius 2 is 1.92 bits per heavy atom. The number of aromatic nitrogens is 1. The minimum Gasteiger partial charge on any atom is -0.497 e. The van der Waals surface area contributed by atoms with Gasteiger partial charge in [0, 0.05) is 18.0 Å². The Bertz CT molecular complexity index is 851. The molecule has 3 rings (SSSR count). The maximum absolute atomic E-state index is 12.5. The predicted molar refractivity (Wildman–Crippen MR) is 99.7 cm³/mol. The molecular formula is C17H13N3O3S2. The van der Waals surface area contributed by atoms with Gasteiger partial charge in [0.2, 0.25) is 0 Å². The van der Waals surface area contributed by atoms with Crippen molar-refractivity contribution in [3.05, 3.63) is 64.8 Å². The van der Waals surface area contributed by atoms with Gasteiger partial charge in [0.25, 0.3) is 11.8 Å². The Hall–Kier alpha value is -2.71. The van der Waals surface area contributed by atoms with Crippen molar-refractivity contribution >= 4 is 46.2 Å². The van der Waals surface area contributed by atoms with Gasteiger partial charge >= 0.3 is 0 Å². The molecule has 1 saturated heterocycles. The molecule has 0 unspecified atom stereocenters. The van der Waals surface area contributed by atoms with Crippen LogP contribution in [0.2, 0.25) is 0 Å². The van der Waals surface area contributed by atoms with Crippen LogP contribution in [0.4, 0.5) is 0 Å². The van der Waals surface area contributed by atoms with Crippen LogP contribution in [0.25, 0.3) is 6.08 Å². The molecule has 1 N–H and O–H groups in total. The van der Waals surface area contributed by atoms with Crippen molar-refractivity contribution in [3.8, 4) is 5.75 Å². The van der Waals surface area contributed by atoms with E-state index in [9.17, 15) is 9.59 Å². The Balaban J connectivity index is 1.75. The molecule has 0 radical (unpaired) electrons. The van der Waals surface area contributed by atoms with Crippen molar-refractivity contribution in [2.24, 2.45) is 0 Å². The van der Waals surface area contributed by atoms with Crippen molar-refractivity contribution in [2.75, 3.05) is 7.11 Å². The summed E-state index contributed by atoms with van der Waals surface area (Å²) < 4.78 is 5.38. The highest BCUT2D eigenvalue weighted by Gasteiger charge is 2.33. The highest BCUT2D eigenvalue weighted by Crippen LogP contribution is 2.31. The van der Waals surface area contributed by atoms with E-state index in [-0.39, 0.29) is 10.2 Å². The number of rotatable bonds is 4. The number of carbonyl (C=O) groups excluding carboxylic acids is 2. The van der Waals surface area contributed by atoms with Crippen molar-refractivity contribution in [1.29, 1.82) is 0 Å². The van der Waals surface area contributed by atoms with Gasteiger partial charge in [-0.05, 0) is 48.1 Å². The summed E-state index contributed by atoms with van der Waals surface area (Å²) in [5.41, 5.74) is 3.75. The number of pyridine rings is 1. The zero-order valence-corrected chi connectivity index (χ0v) is 14.8. The summed E-state index contributed by atoms with van der Waals surface area (Å²) in [4.78, 5) is 29.0. The molecule has 25 heavy (non-hydrogen) atoms. The summed E-state index contributed by atoms with van der Waals surface area (Å²) in [6.45, 7) is 0. The maximum atomic E-state index is 12.5. The van der Waals surface area contributed by atoms with Gasteiger partial charge in [0.1, 0.15) is 5.75 Å². The number of carbonyl (C=O) groups is 2. The first kappa shape index (κ1) is 17.1. The third kappa shape index (κ3) is 3.86. The summed E-state index contributed by atoms with van der Waals surface area (Å²) >= 11 is 6.33. The summed E-state index contributed by atoms with van der Waals surface area (Å²) in [5, 5.41) is 1.08. The molecule has 0 aliphatic carbocycles. The summed E-state index contributed by atoms with van der Waals surface area (Å²) in [6.07, 6.45) is 4.73. The zero-order valence-electron chi connectivity index (χ0n) is 13.1. The molecular weight excluding hydrogens is 358 g/mol. The Labute approximate surface area is 153 Å². The van der Waals surface area contributed by atoms with Crippen LogP contribution in [0.5, 0.6) is 5.75 Å². The average molecular weight is 371 g/mol. The first-order chi connectivity index (χ1) is 12.1. The molecule has 0 spiro atoms. The van der Waals surface area contributed by atoms with Crippen LogP contribution in [-0.4, -0.2) is 33.2 Å². The van der Waals surface area contributed by atoms with Gasteiger partial charge in [-0.2, -0.15) is 5.01 Å². The fraction of sp³-hybridized carbons (Fsp3) is 0.0588. The molecule has 1 aromatic carbocycles. The molecule has 6 nitrogen and oxygen atoms in total. The molecule has 8 heteroatoms. The summed E-state index contributed by atoms with van der Waals surface area (Å²) in [5.74, 6) is -0.0630. The highest BCUT2D eigenvalue weighted by molar-refractivity contribution is 8.26. The van der Waals surface area contributed by atoms with Crippen LogP contribution in [0.1, 0.15) is 15.9 Å². The van der Waals surface area contributed by atoms with Gasteiger partial charge in [0.15, 0.2) is 4.32 Å². The van der Waals surface area contributed by atoms with E-state index in [0.717, 1.165) is 28.1 Å². The van der Waals surface area contributed by atoms with Crippen LogP contribution < -0.4 is 10.2 Å². The lowest BCUT2D eigenvalue weighted by Crippen LogP contribution is -2.44. The summed E-state index contributed by atoms with van der Waals surface area (Å²) in [6, 6.07) is 10.4. The van der Waals surface area contributed by atoms with E-state index in [1.165, 1.54) is 12.4 Å². The van der Waals surface area contributed by atoms with E-state index < -0.39 is 5.91 Å². The second kappa shape index (κ2) is 7.45. The number of amides is 2. The fourth-order valence-electron chi connectivity index (χ4n) is 2.08. The topological polar surface area (TPSA) is 71.5 Å². The second-order valence-electron chi connectivity index (χ2n) is 4.97. The Kier molecular flexibility index (Phi) is 5.11. The Morgan fingerprint density at radius 1 is 1.24 bits per heavy atom. The van der Waals surface area contributed by atoms with E-state index in [2.05, 4.69) is 10.4 Å². The number of nitrogens with one attached hydrogen (secondary N) is 1. The highest BCUT2D eigenvalue weighted by atomic mass is 32.2. The molecule has 2 amide bonds. The average Bonchev–Trinajstić information content (AvgIpc) is 2.90. The van der Waals surface area contributed by atoms with Gasteiger partial charge in [-0.1, -0.05) is 23.9 Å². The van der Waals surface area contributed by atoms with E-state index in [0.29, 0.717) is 10.5 Å². The number of thiocarbonyl (C=S) groups is 1. The first-order valence-electron chi connectivity index (χ1n) is 7.21. The molecule has 0 saturated carbocycles. The largest absolute Gasteiger partial charge is 0.497 e. The number of hydrogen-bond acceptors (Lipinski definition) is 6. The predicted octanol–water partition coefficient (Wildman–Crippen LogP) is 2.64. The normalized spacial score (nSPS) is 15.6. The molecule has 126 valence electrons. The molecule has 1 fully saturated rings. The van der Waals surface area contributed by atoms with Gasteiger partial charge in [-0.25, -0.2) is 0 Å². The SMILES string of the molecule is COc1ccc(C=C2SC(=S)N(NC(=O)c3ccncc3)C2=O)cc1. The van der Waals surface area contributed by atoms with E-state index in [4.69, 9.17) is 17.0 Å². The monoisotopic (exact) mass is 371 g/mol. The van der Waals surface area contributed by atoms with Crippen molar-refractivity contribution in [1.82, 2.24) is 15.4 Å². The minimum absolute atomic E-state index is 0.271. The van der Waals surface area contributed by atoms with Gasteiger partial charge in [-0.15, -0.1) is 0 Å². The summed E-state index contributed by atoms with van der Waals surface area (Å²) in [7, 11) is 1.59. The van der Waals surface area contributed by atoms with Gasteiger partial charge in [0.05, 0.1) is 12.0 Å². The fourth-order valence-corrected chi connectivity index (χ4v) is 3.26. The number of benzene rings is 1.